The van der Waals surface area contributed by atoms with Gasteiger partial charge >= 0.3 is 6.61 Å². The van der Waals surface area contributed by atoms with E-state index in [-0.39, 0.29) is 17.4 Å². The zero-order chi connectivity index (χ0) is 18.0. The highest BCUT2D eigenvalue weighted by Gasteiger charge is 2.25. The molecule has 0 fully saturated rings. The summed E-state index contributed by atoms with van der Waals surface area (Å²) in [7, 11) is 0. The fraction of sp³-hybridized carbons (Fsp3) is 0.167. The third-order valence-corrected chi connectivity index (χ3v) is 3.82. The quantitative estimate of drug-likeness (QED) is 0.772. The van der Waals surface area contributed by atoms with E-state index in [2.05, 4.69) is 10.1 Å². The van der Waals surface area contributed by atoms with E-state index in [1.807, 2.05) is 0 Å². The predicted octanol–water partition coefficient (Wildman–Crippen LogP) is 4.83. The van der Waals surface area contributed by atoms with Crippen molar-refractivity contribution in [2.24, 2.45) is 0 Å². The number of rotatable bonds is 5. The molecule has 25 heavy (non-hydrogen) atoms. The zero-order valence-electron chi connectivity index (χ0n) is 13.2. The van der Waals surface area contributed by atoms with Crippen LogP contribution in [0.5, 0.6) is 11.5 Å². The van der Waals surface area contributed by atoms with E-state index in [0.29, 0.717) is 34.0 Å². The molecule has 2 aromatic carbocycles. The number of amides is 1. The lowest BCUT2D eigenvalue weighted by Gasteiger charge is -2.14. The van der Waals surface area contributed by atoms with Crippen molar-refractivity contribution >= 4 is 34.8 Å². The van der Waals surface area contributed by atoms with Crippen molar-refractivity contribution in [3.05, 3.63) is 52.5 Å². The molecule has 3 rings (SSSR count). The number of carbonyl (C=O) groups is 1. The Morgan fingerprint density at radius 1 is 1.28 bits per heavy atom. The highest BCUT2D eigenvalue weighted by atomic mass is 35.5. The number of para-hydroxylation sites is 1. The largest absolute Gasteiger partial charge is 0.490 e. The van der Waals surface area contributed by atoms with Crippen LogP contribution >= 0.6 is 11.6 Å². The summed E-state index contributed by atoms with van der Waals surface area (Å²) in [6.45, 7) is -0.990. The van der Waals surface area contributed by atoms with Gasteiger partial charge in [0.1, 0.15) is 0 Å². The van der Waals surface area contributed by atoms with Crippen molar-refractivity contribution in [3.63, 3.8) is 0 Å². The summed E-state index contributed by atoms with van der Waals surface area (Å²) in [6.07, 6.45) is 1.48. The number of nitrogens with one attached hydrogen (secondary N) is 1. The minimum absolute atomic E-state index is 0.116. The Labute approximate surface area is 148 Å². The second kappa shape index (κ2) is 7.11. The topological polar surface area (TPSA) is 47.6 Å². The van der Waals surface area contributed by atoms with E-state index >= 15 is 0 Å². The summed E-state index contributed by atoms with van der Waals surface area (Å²) in [5.41, 5.74) is 1.83. The van der Waals surface area contributed by atoms with Crippen molar-refractivity contribution in [1.82, 2.24) is 0 Å². The van der Waals surface area contributed by atoms with Gasteiger partial charge in [0.2, 0.25) is 0 Å². The Kier molecular flexibility index (Phi) is 4.90. The molecule has 0 radical (unpaired) electrons. The number of benzene rings is 2. The first-order chi connectivity index (χ1) is 12.0. The Morgan fingerprint density at radius 3 is 2.80 bits per heavy atom. The molecule has 0 aliphatic carbocycles. The van der Waals surface area contributed by atoms with Crippen molar-refractivity contribution in [3.8, 4) is 11.5 Å². The smallest absolute Gasteiger partial charge is 0.387 e. The zero-order valence-corrected chi connectivity index (χ0v) is 13.9. The molecule has 1 heterocycles. The van der Waals surface area contributed by atoms with Gasteiger partial charge in [-0.15, -0.1) is 0 Å². The summed E-state index contributed by atoms with van der Waals surface area (Å²) in [6, 6.07) is 9.72. The summed E-state index contributed by atoms with van der Waals surface area (Å²) in [5, 5.41) is 3.17. The van der Waals surface area contributed by atoms with E-state index in [1.54, 1.807) is 37.3 Å². The molecule has 4 nitrogen and oxygen atoms in total. The lowest BCUT2D eigenvalue weighted by molar-refractivity contribution is -0.110. The summed E-state index contributed by atoms with van der Waals surface area (Å²) in [5.74, 6) is -0.279. The Morgan fingerprint density at radius 2 is 2.08 bits per heavy atom. The number of anilines is 1. The molecule has 1 amide bonds. The molecule has 0 bridgehead atoms. The van der Waals surface area contributed by atoms with Gasteiger partial charge in [-0.05, 0) is 37.3 Å². The molecule has 0 atom stereocenters. The van der Waals surface area contributed by atoms with Crippen molar-refractivity contribution in [2.75, 3.05) is 11.9 Å². The Balaban J connectivity index is 2.11. The van der Waals surface area contributed by atoms with Crippen LogP contribution in [0, 0.1) is 0 Å². The summed E-state index contributed by atoms with van der Waals surface area (Å²) < 4.78 is 35.6. The Hall–Kier alpha value is -2.60. The average Bonchev–Trinajstić information content (AvgIpc) is 2.86. The van der Waals surface area contributed by atoms with Gasteiger partial charge in [-0.25, -0.2) is 0 Å². The van der Waals surface area contributed by atoms with Crippen molar-refractivity contribution in [2.45, 2.75) is 13.5 Å². The fourth-order valence-corrected chi connectivity index (χ4v) is 2.76. The van der Waals surface area contributed by atoms with Crippen LogP contribution in [0.25, 0.3) is 11.6 Å². The van der Waals surface area contributed by atoms with Crippen molar-refractivity contribution < 1.29 is 23.0 Å². The molecule has 0 spiro atoms. The number of hydrogen-bond acceptors (Lipinski definition) is 3. The van der Waals surface area contributed by atoms with Gasteiger partial charge in [-0.1, -0.05) is 23.7 Å². The lowest BCUT2D eigenvalue weighted by Crippen LogP contribution is -2.07. The van der Waals surface area contributed by atoms with E-state index in [4.69, 9.17) is 16.3 Å². The maximum atomic E-state index is 12.8. The van der Waals surface area contributed by atoms with Gasteiger partial charge in [0.25, 0.3) is 5.91 Å². The van der Waals surface area contributed by atoms with Gasteiger partial charge in [-0.2, -0.15) is 8.78 Å². The fourth-order valence-electron chi connectivity index (χ4n) is 2.59. The van der Waals surface area contributed by atoms with Gasteiger partial charge in [0.15, 0.2) is 11.5 Å². The van der Waals surface area contributed by atoms with E-state index < -0.39 is 6.61 Å². The van der Waals surface area contributed by atoms with Crippen LogP contribution in [0.2, 0.25) is 5.02 Å². The van der Waals surface area contributed by atoms with Crippen LogP contribution in [-0.2, 0) is 4.79 Å². The van der Waals surface area contributed by atoms with Gasteiger partial charge in [0.05, 0.1) is 6.61 Å². The van der Waals surface area contributed by atoms with E-state index in [1.165, 1.54) is 12.1 Å². The molecule has 0 saturated carbocycles. The second-order valence-electron chi connectivity index (χ2n) is 5.19. The molecule has 0 saturated heterocycles. The predicted molar refractivity (Wildman–Crippen MR) is 92.2 cm³/mol. The molecule has 1 aliphatic heterocycles. The first-order valence-corrected chi connectivity index (χ1v) is 7.91. The van der Waals surface area contributed by atoms with Crippen LogP contribution in [0.3, 0.4) is 0 Å². The molecular formula is C18H14ClF2NO3. The third kappa shape index (κ3) is 3.58. The molecule has 0 unspecified atom stereocenters. The monoisotopic (exact) mass is 365 g/mol. The molecule has 1 N–H and O–H groups in total. The molecule has 2 aromatic rings. The maximum absolute atomic E-state index is 12.8. The van der Waals surface area contributed by atoms with E-state index in [0.717, 1.165) is 0 Å². The number of carbonyl (C=O) groups excluding carboxylic acids is 1. The Bertz CT molecular complexity index is 852. The summed E-state index contributed by atoms with van der Waals surface area (Å²) in [4.78, 5) is 12.2. The number of alkyl halides is 2. The third-order valence-electron chi connectivity index (χ3n) is 3.58. The SMILES string of the molecule is CCOc1cccc(/C=C2/C(=O)Nc3ccc(Cl)cc32)c1OC(F)F. The molecular weight excluding hydrogens is 352 g/mol. The normalized spacial score (nSPS) is 14.6. The minimum Gasteiger partial charge on any atom is -0.490 e. The minimum atomic E-state index is -3.02. The number of halogens is 3. The van der Waals surface area contributed by atoms with Gasteiger partial charge < -0.3 is 14.8 Å². The van der Waals surface area contributed by atoms with Crippen LogP contribution in [-0.4, -0.2) is 19.1 Å². The number of ether oxygens (including phenoxy) is 2. The van der Waals surface area contributed by atoms with Crippen molar-refractivity contribution in [1.29, 1.82) is 0 Å². The average molecular weight is 366 g/mol. The molecule has 7 heteroatoms. The van der Waals surface area contributed by atoms with Crippen LogP contribution in [0.15, 0.2) is 36.4 Å². The van der Waals surface area contributed by atoms with Crippen LogP contribution in [0.4, 0.5) is 14.5 Å². The highest BCUT2D eigenvalue weighted by molar-refractivity contribution is 6.36. The lowest BCUT2D eigenvalue weighted by atomic mass is 10.0. The van der Waals surface area contributed by atoms with E-state index in [9.17, 15) is 13.6 Å². The molecule has 1 aliphatic rings. The first-order valence-electron chi connectivity index (χ1n) is 7.53. The molecule has 0 aromatic heterocycles. The maximum Gasteiger partial charge on any atom is 0.387 e. The van der Waals surface area contributed by atoms with Crippen LogP contribution < -0.4 is 14.8 Å². The first kappa shape index (κ1) is 17.2. The summed E-state index contributed by atoms with van der Waals surface area (Å²) >= 11 is 6.00. The highest BCUT2D eigenvalue weighted by Crippen LogP contribution is 2.39. The second-order valence-corrected chi connectivity index (χ2v) is 5.62. The van der Waals surface area contributed by atoms with Gasteiger partial charge in [0, 0.05) is 27.4 Å². The number of hydrogen-bond donors (Lipinski definition) is 1. The van der Waals surface area contributed by atoms with Gasteiger partial charge in [-0.3, -0.25) is 4.79 Å². The standard InChI is InChI=1S/C18H14ClF2NO3/c1-2-24-15-5-3-4-10(16(15)25-18(20)21)8-13-12-9-11(19)6-7-14(12)22-17(13)23/h3-9,18H,2H2,1H3,(H,22,23)/b13-8+. The molecule has 130 valence electrons. The number of fused-ring (bicyclic) bond motifs is 1. The van der Waals surface area contributed by atoms with Crippen LogP contribution in [0.1, 0.15) is 18.1 Å².